The van der Waals surface area contributed by atoms with E-state index in [1.54, 1.807) is 6.07 Å². The van der Waals surface area contributed by atoms with Gasteiger partial charge in [-0.05, 0) is 48.9 Å². The average Bonchev–Trinajstić information content (AvgIpc) is 2.62. The van der Waals surface area contributed by atoms with E-state index in [1.165, 1.54) is 37.8 Å². The maximum Gasteiger partial charge on any atom is 0.123 e. The van der Waals surface area contributed by atoms with Crippen molar-refractivity contribution in [2.24, 2.45) is 5.92 Å². The Morgan fingerprint density at radius 2 is 1.89 bits per heavy atom. The van der Waals surface area contributed by atoms with Crippen LogP contribution in [0.15, 0.2) is 22.7 Å². The lowest BCUT2D eigenvalue weighted by Crippen LogP contribution is -2.22. The SMILES string of the molecule is OC(Cc1cc(F)ccc1Br)C1CCCCCC1. The van der Waals surface area contributed by atoms with Crippen LogP contribution >= 0.6 is 15.9 Å². The molecule has 3 heteroatoms. The van der Waals surface area contributed by atoms with Crippen LogP contribution in [0, 0.1) is 11.7 Å². The first-order valence-corrected chi connectivity index (χ1v) is 7.58. The Morgan fingerprint density at radius 3 is 2.56 bits per heavy atom. The molecule has 0 heterocycles. The summed E-state index contributed by atoms with van der Waals surface area (Å²) in [5, 5.41) is 10.3. The molecule has 1 nitrogen and oxygen atoms in total. The van der Waals surface area contributed by atoms with Crippen LogP contribution in [0.4, 0.5) is 4.39 Å². The van der Waals surface area contributed by atoms with E-state index in [1.807, 2.05) is 0 Å². The van der Waals surface area contributed by atoms with E-state index in [0.29, 0.717) is 12.3 Å². The van der Waals surface area contributed by atoms with Gasteiger partial charge >= 0.3 is 0 Å². The van der Waals surface area contributed by atoms with Crippen LogP contribution < -0.4 is 0 Å². The third kappa shape index (κ3) is 3.79. The molecule has 1 aliphatic rings. The number of halogens is 2. The molecule has 18 heavy (non-hydrogen) atoms. The first-order chi connectivity index (χ1) is 8.66. The summed E-state index contributed by atoms with van der Waals surface area (Å²) in [6.07, 6.45) is 7.41. The van der Waals surface area contributed by atoms with Crippen LogP contribution in [0.2, 0.25) is 0 Å². The lowest BCUT2D eigenvalue weighted by atomic mass is 9.90. The van der Waals surface area contributed by atoms with Crippen LogP contribution in [0.3, 0.4) is 0 Å². The molecule has 0 amide bonds. The van der Waals surface area contributed by atoms with Crippen LogP contribution in [0.5, 0.6) is 0 Å². The van der Waals surface area contributed by atoms with E-state index < -0.39 is 0 Å². The highest BCUT2D eigenvalue weighted by Gasteiger charge is 2.21. The molecule has 0 spiro atoms. The number of rotatable bonds is 3. The zero-order valence-corrected chi connectivity index (χ0v) is 12.1. The number of aliphatic hydroxyl groups is 1. The fourth-order valence-electron chi connectivity index (χ4n) is 2.79. The summed E-state index contributed by atoms with van der Waals surface area (Å²) in [6.45, 7) is 0. The molecule has 0 bridgehead atoms. The molecule has 1 unspecified atom stereocenters. The summed E-state index contributed by atoms with van der Waals surface area (Å²) in [5.41, 5.74) is 0.867. The van der Waals surface area contributed by atoms with E-state index in [9.17, 15) is 9.50 Å². The van der Waals surface area contributed by atoms with Gasteiger partial charge < -0.3 is 5.11 Å². The molecule has 2 rings (SSSR count). The molecule has 1 aromatic carbocycles. The summed E-state index contributed by atoms with van der Waals surface area (Å²) in [5.74, 6) is 0.143. The second kappa shape index (κ2) is 6.67. The van der Waals surface area contributed by atoms with Gasteiger partial charge in [-0.2, -0.15) is 0 Å². The van der Waals surface area contributed by atoms with Crippen LogP contribution in [0.1, 0.15) is 44.1 Å². The Balaban J connectivity index is 2.00. The number of hydrogen-bond donors (Lipinski definition) is 1. The highest BCUT2D eigenvalue weighted by atomic mass is 79.9. The molecule has 0 saturated heterocycles. The fourth-order valence-corrected chi connectivity index (χ4v) is 3.20. The maximum atomic E-state index is 13.2. The molecular formula is C15H20BrFO. The fraction of sp³-hybridized carbons (Fsp3) is 0.600. The minimum Gasteiger partial charge on any atom is -0.392 e. The van der Waals surface area contributed by atoms with E-state index in [4.69, 9.17) is 0 Å². The Hall–Kier alpha value is -0.410. The molecule has 1 fully saturated rings. The maximum absolute atomic E-state index is 13.2. The third-order valence-electron chi connectivity index (χ3n) is 3.88. The van der Waals surface area contributed by atoms with Crippen LogP contribution in [-0.4, -0.2) is 11.2 Å². The molecule has 1 N–H and O–H groups in total. The van der Waals surface area contributed by atoms with Gasteiger partial charge in [0.05, 0.1) is 6.10 Å². The number of aliphatic hydroxyl groups excluding tert-OH is 1. The van der Waals surface area contributed by atoms with Crippen molar-refractivity contribution in [3.8, 4) is 0 Å². The van der Waals surface area contributed by atoms with E-state index in [0.717, 1.165) is 22.9 Å². The standard InChI is InChI=1S/C15H20BrFO/c16-14-8-7-13(17)9-12(14)10-15(18)11-5-3-1-2-4-6-11/h7-9,11,15,18H,1-6,10H2. The molecule has 1 aliphatic carbocycles. The van der Waals surface area contributed by atoms with Gasteiger partial charge in [0.2, 0.25) is 0 Å². The summed E-state index contributed by atoms with van der Waals surface area (Å²) < 4.78 is 14.1. The quantitative estimate of drug-likeness (QED) is 0.816. The normalized spacial score (nSPS) is 19.5. The van der Waals surface area contributed by atoms with Gasteiger partial charge in [-0.1, -0.05) is 41.6 Å². The lowest BCUT2D eigenvalue weighted by Gasteiger charge is -2.21. The topological polar surface area (TPSA) is 20.2 Å². The van der Waals surface area contributed by atoms with Gasteiger partial charge in [-0.25, -0.2) is 4.39 Å². The van der Waals surface area contributed by atoms with Gasteiger partial charge in [0, 0.05) is 4.47 Å². The molecule has 0 aromatic heterocycles. The highest BCUT2D eigenvalue weighted by Crippen LogP contribution is 2.28. The number of benzene rings is 1. The largest absolute Gasteiger partial charge is 0.392 e. The van der Waals surface area contributed by atoms with E-state index >= 15 is 0 Å². The minimum absolute atomic E-state index is 0.235. The zero-order valence-electron chi connectivity index (χ0n) is 10.5. The Morgan fingerprint density at radius 1 is 1.22 bits per heavy atom. The van der Waals surface area contributed by atoms with Gasteiger partial charge in [0.25, 0.3) is 0 Å². The van der Waals surface area contributed by atoms with Gasteiger partial charge in [0.15, 0.2) is 0 Å². The number of hydrogen-bond acceptors (Lipinski definition) is 1. The summed E-state index contributed by atoms with van der Waals surface area (Å²) in [4.78, 5) is 0. The van der Waals surface area contributed by atoms with Crippen LogP contribution in [-0.2, 0) is 6.42 Å². The molecule has 0 radical (unpaired) electrons. The minimum atomic E-state index is -0.346. The van der Waals surface area contributed by atoms with Gasteiger partial charge in [0.1, 0.15) is 5.82 Å². The van der Waals surface area contributed by atoms with Crippen molar-refractivity contribution in [1.29, 1.82) is 0 Å². The molecule has 0 aliphatic heterocycles. The molecule has 1 saturated carbocycles. The molecular weight excluding hydrogens is 295 g/mol. The molecule has 1 atom stereocenters. The summed E-state index contributed by atoms with van der Waals surface area (Å²) in [7, 11) is 0. The lowest BCUT2D eigenvalue weighted by molar-refractivity contribution is 0.0984. The van der Waals surface area contributed by atoms with E-state index in [2.05, 4.69) is 15.9 Å². The van der Waals surface area contributed by atoms with Gasteiger partial charge in [-0.15, -0.1) is 0 Å². The smallest absolute Gasteiger partial charge is 0.123 e. The third-order valence-corrected chi connectivity index (χ3v) is 4.65. The van der Waals surface area contributed by atoms with Crippen molar-refractivity contribution in [3.63, 3.8) is 0 Å². The Kier molecular flexibility index (Phi) is 5.19. The van der Waals surface area contributed by atoms with E-state index in [-0.39, 0.29) is 11.9 Å². The molecule has 1 aromatic rings. The average molecular weight is 315 g/mol. The van der Waals surface area contributed by atoms with Crippen molar-refractivity contribution < 1.29 is 9.50 Å². The Bertz CT molecular complexity index is 386. The monoisotopic (exact) mass is 314 g/mol. The van der Waals surface area contributed by atoms with Crippen LogP contribution in [0.25, 0.3) is 0 Å². The first-order valence-electron chi connectivity index (χ1n) is 6.79. The first kappa shape index (κ1) is 14.0. The predicted molar refractivity (Wildman–Crippen MR) is 75.0 cm³/mol. The molecule has 100 valence electrons. The zero-order chi connectivity index (χ0) is 13.0. The second-order valence-corrected chi connectivity index (χ2v) is 6.11. The van der Waals surface area contributed by atoms with Gasteiger partial charge in [-0.3, -0.25) is 0 Å². The second-order valence-electron chi connectivity index (χ2n) is 5.26. The highest BCUT2D eigenvalue weighted by molar-refractivity contribution is 9.10. The Labute approximate surface area is 117 Å². The van der Waals surface area contributed by atoms with Crippen molar-refractivity contribution in [2.45, 2.75) is 51.0 Å². The summed E-state index contributed by atoms with van der Waals surface area (Å²) >= 11 is 3.42. The van der Waals surface area contributed by atoms with Crippen molar-refractivity contribution in [3.05, 3.63) is 34.1 Å². The van der Waals surface area contributed by atoms with Crippen molar-refractivity contribution in [2.75, 3.05) is 0 Å². The predicted octanol–water partition coefficient (Wildman–Crippen LogP) is 4.46. The summed E-state index contributed by atoms with van der Waals surface area (Å²) in [6, 6.07) is 4.67. The van der Waals surface area contributed by atoms with Crippen molar-refractivity contribution >= 4 is 15.9 Å². The van der Waals surface area contributed by atoms with Crippen molar-refractivity contribution in [1.82, 2.24) is 0 Å².